The minimum Gasteiger partial charge on any atom is -0.496 e. The molecule has 1 aromatic rings. The van der Waals surface area contributed by atoms with Crippen LogP contribution in [0.15, 0.2) is 12.1 Å². The van der Waals surface area contributed by atoms with E-state index in [1.165, 1.54) is 18.4 Å². The summed E-state index contributed by atoms with van der Waals surface area (Å²) in [6.45, 7) is 3.13. The van der Waals surface area contributed by atoms with Crippen LogP contribution in [0.4, 0.5) is 0 Å². The van der Waals surface area contributed by atoms with Crippen molar-refractivity contribution in [2.75, 3.05) is 20.8 Å². The smallest absolute Gasteiger partial charge is 0.130 e. The minimum absolute atomic E-state index is 0.430. The van der Waals surface area contributed by atoms with E-state index in [-0.39, 0.29) is 0 Å². The average molecular weight is 221 g/mol. The molecular weight excluding hydrogens is 202 g/mol. The zero-order chi connectivity index (χ0) is 11.5. The third-order valence-corrected chi connectivity index (χ3v) is 3.25. The van der Waals surface area contributed by atoms with Crippen LogP contribution < -0.4 is 14.8 Å². The predicted molar refractivity (Wildman–Crippen MR) is 64.3 cm³/mol. The number of hydrogen-bond acceptors (Lipinski definition) is 3. The zero-order valence-electron chi connectivity index (χ0n) is 10.2. The van der Waals surface area contributed by atoms with Crippen LogP contribution in [0.5, 0.6) is 11.5 Å². The molecule has 2 rings (SSSR count). The molecule has 88 valence electrons. The first-order valence-corrected chi connectivity index (χ1v) is 5.72. The van der Waals surface area contributed by atoms with Crippen LogP contribution in [0.1, 0.15) is 30.0 Å². The van der Waals surface area contributed by atoms with E-state index in [1.807, 2.05) is 13.0 Å². The summed E-state index contributed by atoms with van der Waals surface area (Å²) in [6, 6.07) is 4.56. The van der Waals surface area contributed by atoms with Crippen molar-refractivity contribution in [3.8, 4) is 11.5 Å². The standard InChI is InChI=1S/C13H19NO2/c1-9-12(15-2)7-6-10(13(9)16-3)11-5-4-8-14-11/h6-7,11,14H,4-5,8H2,1-3H3/t11-/m0/s1. The topological polar surface area (TPSA) is 30.5 Å². The largest absolute Gasteiger partial charge is 0.496 e. The highest BCUT2D eigenvalue weighted by Crippen LogP contribution is 2.37. The number of benzene rings is 1. The van der Waals surface area contributed by atoms with E-state index in [1.54, 1.807) is 14.2 Å². The molecule has 1 saturated heterocycles. The SMILES string of the molecule is COc1ccc([C@@H]2CCCN2)c(OC)c1C. The van der Waals surface area contributed by atoms with Gasteiger partial charge in [-0.2, -0.15) is 0 Å². The maximum atomic E-state index is 5.51. The van der Waals surface area contributed by atoms with Crippen molar-refractivity contribution in [3.05, 3.63) is 23.3 Å². The molecule has 1 aliphatic rings. The maximum Gasteiger partial charge on any atom is 0.130 e. The van der Waals surface area contributed by atoms with Gasteiger partial charge in [-0.3, -0.25) is 0 Å². The Morgan fingerprint density at radius 1 is 1.25 bits per heavy atom. The van der Waals surface area contributed by atoms with Crippen molar-refractivity contribution in [1.82, 2.24) is 5.32 Å². The lowest BCUT2D eigenvalue weighted by Crippen LogP contribution is -2.14. The van der Waals surface area contributed by atoms with Gasteiger partial charge in [-0.05, 0) is 32.4 Å². The number of rotatable bonds is 3. The second-order valence-corrected chi connectivity index (χ2v) is 4.16. The molecule has 0 aliphatic carbocycles. The van der Waals surface area contributed by atoms with Crippen molar-refractivity contribution < 1.29 is 9.47 Å². The molecule has 0 aromatic heterocycles. The molecule has 0 radical (unpaired) electrons. The summed E-state index contributed by atoms with van der Waals surface area (Å²) < 4.78 is 10.8. The first-order valence-electron chi connectivity index (χ1n) is 5.72. The van der Waals surface area contributed by atoms with E-state index < -0.39 is 0 Å². The Morgan fingerprint density at radius 3 is 2.62 bits per heavy atom. The van der Waals surface area contributed by atoms with Crippen LogP contribution in [0, 0.1) is 6.92 Å². The van der Waals surface area contributed by atoms with Gasteiger partial charge in [0, 0.05) is 17.2 Å². The Labute approximate surface area is 96.8 Å². The monoisotopic (exact) mass is 221 g/mol. The summed E-state index contributed by atoms with van der Waals surface area (Å²) in [6.07, 6.45) is 2.42. The molecular formula is C13H19NO2. The molecule has 16 heavy (non-hydrogen) atoms. The van der Waals surface area contributed by atoms with Crippen LogP contribution in [0.3, 0.4) is 0 Å². The molecule has 0 unspecified atom stereocenters. The third-order valence-electron chi connectivity index (χ3n) is 3.25. The summed E-state index contributed by atoms with van der Waals surface area (Å²) in [4.78, 5) is 0. The molecule has 1 N–H and O–H groups in total. The fourth-order valence-electron chi connectivity index (χ4n) is 2.41. The van der Waals surface area contributed by atoms with Gasteiger partial charge < -0.3 is 14.8 Å². The highest BCUT2D eigenvalue weighted by Gasteiger charge is 2.22. The van der Waals surface area contributed by atoms with Crippen molar-refractivity contribution in [1.29, 1.82) is 0 Å². The maximum absolute atomic E-state index is 5.51. The summed E-state index contributed by atoms with van der Waals surface area (Å²) in [5.74, 6) is 1.84. The lowest BCUT2D eigenvalue weighted by molar-refractivity contribution is 0.381. The Bertz CT molecular complexity index is 370. The van der Waals surface area contributed by atoms with E-state index in [0.717, 1.165) is 23.6 Å². The van der Waals surface area contributed by atoms with Gasteiger partial charge in [0.25, 0.3) is 0 Å². The number of nitrogens with one attached hydrogen (secondary N) is 1. The van der Waals surface area contributed by atoms with Crippen LogP contribution in [0.2, 0.25) is 0 Å². The number of ether oxygens (including phenoxy) is 2. The molecule has 1 heterocycles. The summed E-state index contributed by atoms with van der Waals surface area (Å²) in [5, 5.41) is 3.49. The van der Waals surface area contributed by atoms with Gasteiger partial charge in [0.05, 0.1) is 14.2 Å². The quantitative estimate of drug-likeness (QED) is 0.850. The van der Waals surface area contributed by atoms with Crippen LogP contribution in [-0.4, -0.2) is 20.8 Å². The first-order chi connectivity index (χ1) is 7.77. The van der Waals surface area contributed by atoms with Crippen LogP contribution >= 0.6 is 0 Å². The van der Waals surface area contributed by atoms with E-state index in [9.17, 15) is 0 Å². The Hall–Kier alpha value is -1.22. The highest BCUT2D eigenvalue weighted by molar-refractivity contribution is 5.50. The molecule has 3 heteroatoms. The van der Waals surface area contributed by atoms with Crippen molar-refractivity contribution >= 4 is 0 Å². The van der Waals surface area contributed by atoms with E-state index in [0.29, 0.717) is 6.04 Å². The normalized spacial score (nSPS) is 19.8. The zero-order valence-corrected chi connectivity index (χ0v) is 10.2. The lowest BCUT2D eigenvalue weighted by Gasteiger charge is -2.18. The Balaban J connectivity index is 2.40. The van der Waals surface area contributed by atoms with Gasteiger partial charge in [-0.25, -0.2) is 0 Å². The fraction of sp³-hybridized carbons (Fsp3) is 0.538. The Kier molecular flexibility index (Phi) is 3.34. The Morgan fingerprint density at radius 2 is 2.06 bits per heavy atom. The van der Waals surface area contributed by atoms with Gasteiger partial charge in [-0.1, -0.05) is 6.07 Å². The molecule has 1 fully saturated rings. The van der Waals surface area contributed by atoms with Crippen molar-refractivity contribution in [3.63, 3.8) is 0 Å². The van der Waals surface area contributed by atoms with E-state index >= 15 is 0 Å². The summed E-state index contributed by atoms with van der Waals surface area (Å²) >= 11 is 0. The van der Waals surface area contributed by atoms with Gasteiger partial charge >= 0.3 is 0 Å². The molecule has 1 aliphatic heterocycles. The van der Waals surface area contributed by atoms with Crippen molar-refractivity contribution in [2.45, 2.75) is 25.8 Å². The van der Waals surface area contributed by atoms with E-state index in [2.05, 4.69) is 11.4 Å². The van der Waals surface area contributed by atoms with Gasteiger partial charge in [0.1, 0.15) is 11.5 Å². The molecule has 3 nitrogen and oxygen atoms in total. The highest BCUT2D eigenvalue weighted by atomic mass is 16.5. The number of methoxy groups -OCH3 is 2. The van der Waals surface area contributed by atoms with Crippen LogP contribution in [0.25, 0.3) is 0 Å². The first kappa shape index (κ1) is 11.3. The van der Waals surface area contributed by atoms with Crippen molar-refractivity contribution in [2.24, 2.45) is 0 Å². The lowest BCUT2D eigenvalue weighted by atomic mass is 10.0. The van der Waals surface area contributed by atoms with Gasteiger partial charge in [0.15, 0.2) is 0 Å². The molecule has 0 amide bonds. The molecule has 1 atom stereocenters. The number of hydrogen-bond donors (Lipinski definition) is 1. The molecule has 0 saturated carbocycles. The molecule has 0 bridgehead atoms. The van der Waals surface area contributed by atoms with Gasteiger partial charge in [0.2, 0.25) is 0 Å². The summed E-state index contributed by atoms with van der Waals surface area (Å²) in [5.41, 5.74) is 2.33. The van der Waals surface area contributed by atoms with Gasteiger partial charge in [-0.15, -0.1) is 0 Å². The molecule has 0 spiro atoms. The summed E-state index contributed by atoms with van der Waals surface area (Å²) in [7, 11) is 3.41. The van der Waals surface area contributed by atoms with Crippen LogP contribution in [-0.2, 0) is 0 Å². The van der Waals surface area contributed by atoms with E-state index in [4.69, 9.17) is 9.47 Å². The fourth-order valence-corrected chi connectivity index (χ4v) is 2.41. The predicted octanol–water partition coefficient (Wildman–Crippen LogP) is 2.44. The second kappa shape index (κ2) is 4.74. The third kappa shape index (κ3) is 1.87. The minimum atomic E-state index is 0.430. The second-order valence-electron chi connectivity index (χ2n) is 4.16. The average Bonchev–Trinajstić information content (AvgIpc) is 2.82. The molecule has 1 aromatic carbocycles.